The molecule has 3 N–H and O–H groups in total. The number of nitrogens with zero attached hydrogens (tertiary/aromatic N) is 1. The van der Waals surface area contributed by atoms with E-state index in [2.05, 4.69) is 10.6 Å². The Labute approximate surface area is 122 Å². The summed E-state index contributed by atoms with van der Waals surface area (Å²) < 4.78 is 0. The lowest BCUT2D eigenvalue weighted by Crippen LogP contribution is -2.45. The molecule has 1 rings (SSSR count). The first kappa shape index (κ1) is 16.9. The van der Waals surface area contributed by atoms with Crippen LogP contribution in [0.1, 0.15) is 34.1 Å². The van der Waals surface area contributed by atoms with Crippen LogP contribution >= 0.6 is 0 Å². The minimum Gasteiger partial charge on any atom is -0.480 e. The molecule has 0 aromatic carbocycles. The first-order valence-electron chi connectivity index (χ1n) is 6.72. The number of aliphatic carboxylic acids is 1. The van der Waals surface area contributed by atoms with E-state index in [0.717, 1.165) is 4.90 Å². The Balaban J connectivity index is 2.56. The summed E-state index contributed by atoms with van der Waals surface area (Å²) in [5.41, 5.74) is -0.977. The number of carbonyl (C=O) groups is 4. The Bertz CT molecular complexity index is 472. The van der Waals surface area contributed by atoms with Crippen LogP contribution in [0.25, 0.3) is 0 Å². The van der Waals surface area contributed by atoms with Crippen molar-refractivity contribution in [2.75, 3.05) is 6.54 Å². The van der Waals surface area contributed by atoms with Crippen LogP contribution in [0, 0.1) is 5.92 Å². The van der Waals surface area contributed by atoms with E-state index in [1.807, 2.05) is 0 Å². The van der Waals surface area contributed by atoms with Crippen molar-refractivity contribution in [3.05, 3.63) is 0 Å². The summed E-state index contributed by atoms with van der Waals surface area (Å²) in [5.74, 6) is -2.29. The maximum Gasteiger partial charge on any atom is 0.326 e. The van der Waals surface area contributed by atoms with Gasteiger partial charge in [0.25, 0.3) is 5.91 Å². The van der Waals surface area contributed by atoms with E-state index in [-0.39, 0.29) is 18.9 Å². The third kappa shape index (κ3) is 3.93. The monoisotopic (exact) mass is 299 g/mol. The molecule has 1 aliphatic rings. The van der Waals surface area contributed by atoms with Crippen LogP contribution in [-0.2, 0) is 14.4 Å². The second-order valence-corrected chi connectivity index (χ2v) is 5.89. The number of hydrogen-bond acceptors (Lipinski definition) is 4. The van der Waals surface area contributed by atoms with Gasteiger partial charge >= 0.3 is 12.0 Å². The van der Waals surface area contributed by atoms with Gasteiger partial charge in [-0.05, 0) is 19.8 Å². The molecule has 21 heavy (non-hydrogen) atoms. The Morgan fingerprint density at radius 2 is 1.90 bits per heavy atom. The molecule has 1 fully saturated rings. The van der Waals surface area contributed by atoms with Crippen LogP contribution in [0.5, 0.6) is 0 Å². The molecule has 1 saturated heterocycles. The van der Waals surface area contributed by atoms with Crippen molar-refractivity contribution < 1.29 is 24.3 Å². The van der Waals surface area contributed by atoms with Gasteiger partial charge in [-0.3, -0.25) is 14.5 Å². The van der Waals surface area contributed by atoms with Crippen molar-refractivity contribution in [2.45, 2.75) is 45.7 Å². The van der Waals surface area contributed by atoms with Crippen molar-refractivity contribution in [1.82, 2.24) is 15.5 Å². The van der Waals surface area contributed by atoms with Crippen molar-refractivity contribution in [3.63, 3.8) is 0 Å². The number of amides is 4. The Morgan fingerprint density at radius 3 is 2.29 bits per heavy atom. The van der Waals surface area contributed by atoms with E-state index in [1.165, 1.54) is 0 Å². The zero-order valence-electron chi connectivity index (χ0n) is 12.6. The molecule has 0 unspecified atom stereocenters. The second kappa shape index (κ2) is 6.11. The number of rotatable bonds is 6. The highest BCUT2D eigenvalue weighted by Gasteiger charge is 2.44. The van der Waals surface area contributed by atoms with Gasteiger partial charge < -0.3 is 15.7 Å². The van der Waals surface area contributed by atoms with Gasteiger partial charge in [-0.1, -0.05) is 13.8 Å². The van der Waals surface area contributed by atoms with Crippen LogP contribution in [0.3, 0.4) is 0 Å². The number of carbonyl (C=O) groups excluding carboxylic acids is 3. The number of nitrogens with one attached hydrogen (secondary N) is 2. The average Bonchev–Trinajstić information content (AvgIpc) is 2.52. The van der Waals surface area contributed by atoms with E-state index >= 15 is 0 Å². The summed E-state index contributed by atoms with van der Waals surface area (Å²) in [6, 6.07) is -1.53. The van der Waals surface area contributed by atoms with Gasteiger partial charge in [0.05, 0.1) is 0 Å². The maximum atomic E-state index is 11.9. The van der Waals surface area contributed by atoms with Gasteiger partial charge in [0.2, 0.25) is 5.91 Å². The van der Waals surface area contributed by atoms with E-state index in [4.69, 9.17) is 5.11 Å². The fourth-order valence-corrected chi connectivity index (χ4v) is 1.99. The summed E-state index contributed by atoms with van der Waals surface area (Å²) in [6.07, 6.45) is -0.133. The molecule has 0 saturated carbocycles. The van der Waals surface area contributed by atoms with E-state index < -0.39 is 35.4 Å². The van der Waals surface area contributed by atoms with Crippen molar-refractivity contribution >= 4 is 23.8 Å². The molecule has 1 heterocycles. The molecule has 0 aliphatic carbocycles. The minimum absolute atomic E-state index is 0.0790. The highest BCUT2D eigenvalue weighted by atomic mass is 16.4. The predicted octanol–water partition coefficient (Wildman–Crippen LogP) is -0.0677. The van der Waals surface area contributed by atoms with Gasteiger partial charge in [-0.2, -0.15) is 0 Å². The lowest BCUT2D eigenvalue weighted by Gasteiger charge is -2.19. The number of hydrogen-bond donors (Lipinski definition) is 3. The number of imide groups is 1. The molecular weight excluding hydrogens is 278 g/mol. The van der Waals surface area contributed by atoms with Crippen molar-refractivity contribution in [3.8, 4) is 0 Å². The molecule has 4 amide bonds. The minimum atomic E-state index is -1.12. The molecular formula is C13H21N3O5. The molecule has 118 valence electrons. The zero-order chi connectivity index (χ0) is 16.4. The fourth-order valence-electron chi connectivity index (χ4n) is 1.99. The van der Waals surface area contributed by atoms with Crippen LogP contribution < -0.4 is 10.6 Å². The van der Waals surface area contributed by atoms with Crippen molar-refractivity contribution in [1.29, 1.82) is 0 Å². The first-order valence-corrected chi connectivity index (χ1v) is 6.72. The largest absolute Gasteiger partial charge is 0.480 e. The fraction of sp³-hybridized carbons (Fsp3) is 0.692. The SMILES string of the molecule is CC(C)[C@@H](NC(=O)CCN1C(=O)NC(C)(C)C1=O)C(=O)O. The molecule has 0 bridgehead atoms. The molecule has 0 spiro atoms. The Hall–Kier alpha value is -2.12. The highest BCUT2D eigenvalue weighted by Crippen LogP contribution is 2.16. The number of carboxylic acid groups (broad SMARTS) is 1. The summed E-state index contributed by atoms with van der Waals surface area (Å²) >= 11 is 0. The third-order valence-electron chi connectivity index (χ3n) is 3.26. The van der Waals surface area contributed by atoms with Crippen LogP contribution in [-0.4, -0.2) is 51.9 Å². The molecule has 8 nitrogen and oxygen atoms in total. The number of carboxylic acids is 1. The highest BCUT2D eigenvalue weighted by molar-refractivity contribution is 6.06. The lowest BCUT2D eigenvalue weighted by atomic mass is 10.0. The maximum absolute atomic E-state index is 11.9. The van der Waals surface area contributed by atoms with Gasteiger partial charge in [0.1, 0.15) is 11.6 Å². The van der Waals surface area contributed by atoms with E-state index in [1.54, 1.807) is 27.7 Å². The van der Waals surface area contributed by atoms with E-state index in [0.29, 0.717) is 0 Å². The molecule has 0 radical (unpaired) electrons. The Kier molecular flexibility index (Phi) is 4.93. The normalized spacial score (nSPS) is 18.6. The molecule has 8 heteroatoms. The lowest BCUT2D eigenvalue weighted by molar-refractivity contribution is -0.143. The van der Waals surface area contributed by atoms with Gasteiger partial charge in [0, 0.05) is 13.0 Å². The van der Waals surface area contributed by atoms with Gasteiger partial charge in [-0.15, -0.1) is 0 Å². The molecule has 1 aliphatic heterocycles. The smallest absolute Gasteiger partial charge is 0.326 e. The topological polar surface area (TPSA) is 116 Å². The van der Waals surface area contributed by atoms with E-state index in [9.17, 15) is 19.2 Å². The summed E-state index contributed by atoms with van der Waals surface area (Å²) in [6.45, 7) is 6.43. The quantitative estimate of drug-likeness (QED) is 0.594. The van der Waals surface area contributed by atoms with Crippen LogP contribution in [0.4, 0.5) is 4.79 Å². The summed E-state index contributed by atoms with van der Waals surface area (Å²) in [7, 11) is 0. The standard InChI is InChI=1S/C13H21N3O5/c1-7(2)9(10(18)19)14-8(17)5-6-16-11(20)13(3,4)15-12(16)21/h7,9H,5-6H2,1-4H3,(H,14,17)(H,15,21)(H,18,19)/t9-/m1/s1. The molecule has 0 aromatic heterocycles. The van der Waals surface area contributed by atoms with Gasteiger partial charge in [-0.25, -0.2) is 9.59 Å². The second-order valence-electron chi connectivity index (χ2n) is 5.89. The number of urea groups is 1. The predicted molar refractivity (Wildman–Crippen MR) is 73.3 cm³/mol. The summed E-state index contributed by atoms with van der Waals surface area (Å²) in [5, 5.41) is 13.9. The molecule has 1 atom stereocenters. The average molecular weight is 299 g/mol. The Morgan fingerprint density at radius 1 is 1.33 bits per heavy atom. The van der Waals surface area contributed by atoms with Gasteiger partial charge in [0.15, 0.2) is 0 Å². The molecule has 0 aromatic rings. The van der Waals surface area contributed by atoms with Crippen LogP contribution in [0.15, 0.2) is 0 Å². The zero-order valence-corrected chi connectivity index (χ0v) is 12.6. The third-order valence-corrected chi connectivity index (χ3v) is 3.26. The van der Waals surface area contributed by atoms with Crippen molar-refractivity contribution in [2.24, 2.45) is 5.92 Å². The van der Waals surface area contributed by atoms with Crippen LogP contribution in [0.2, 0.25) is 0 Å². The summed E-state index contributed by atoms with van der Waals surface area (Å²) in [4.78, 5) is 47.2. The first-order chi connectivity index (χ1) is 9.56.